The van der Waals surface area contributed by atoms with Gasteiger partial charge in [0.25, 0.3) is 5.91 Å². The zero-order valence-corrected chi connectivity index (χ0v) is 24.4. The quantitative estimate of drug-likeness (QED) is 0.216. The molecule has 10 nitrogen and oxygen atoms in total. The molecule has 0 unspecified atom stereocenters. The number of aryl methyl sites for hydroxylation is 2. The number of hydrogen-bond donors (Lipinski definition) is 0. The lowest BCUT2D eigenvalue weighted by atomic mass is 9.88. The van der Waals surface area contributed by atoms with E-state index in [1.165, 1.54) is 13.2 Å². The van der Waals surface area contributed by atoms with Crippen LogP contribution in [0.4, 0.5) is 18.9 Å². The number of amides is 1. The van der Waals surface area contributed by atoms with Gasteiger partial charge >= 0.3 is 6.18 Å². The zero-order chi connectivity index (χ0) is 31.0. The molecule has 1 amide bonds. The van der Waals surface area contributed by atoms with E-state index >= 15 is 0 Å². The Balaban J connectivity index is 1.48. The molecule has 0 saturated carbocycles. The topological polar surface area (TPSA) is 100 Å². The smallest absolute Gasteiger partial charge is 0.435 e. The Hall–Kier alpha value is -4.78. The highest BCUT2D eigenvalue weighted by molar-refractivity contribution is 6.13. The summed E-state index contributed by atoms with van der Waals surface area (Å²) in [6, 6.07) is 7.15. The van der Waals surface area contributed by atoms with Crippen molar-refractivity contribution in [2.75, 3.05) is 31.8 Å². The van der Waals surface area contributed by atoms with Crippen molar-refractivity contribution in [1.82, 2.24) is 29.3 Å². The number of rotatable bonds is 9. The molecular weight excluding hydrogens is 575 g/mol. The fourth-order valence-electron chi connectivity index (χ4n) is 5.61. The van der Waals surface area contributed by atoms with Crippen molar-refractivity contribution in [3.63, 3.8) is 0 Å². The summed E-state index contributed by atoms with van der Waals surface area (Å²) in [5.41, 5.74) is 2.75. The van der Waals surface area contributed by atoms with Gasteiger partial charge in [-0.15, -0.1) is 0 Å². The fraction of sp³-hybridized carbons (Fsp3) is 0.323. The van der Waals surface area contributed by atoms with Crippen LogP contribution >= 0.6 is 0 Å². The van der Waals surface area contributed by atoms with Crippen LogP contribution in [0.3, 0.4) is 0 Å². The average Bonchev–Trinajstić information content (AvgIpc) is 3.66. The molecule has 0 atom stereocenters. The molecule has 0 bridgehead atoms. The number of anilines is 1. The van der Waals surface area contributed by atoms with Gasteiger partial charge in [-0.3, -0.25) is 14.5 Å². The van der Waals surface area contributed by atoms with Gasteiger partial charge in [-0.2, -0.15) is 18.3 Å². The first-order chi connectivity index (χ1) is 21.2. The minimum Gasteiger partial charge on any atom is -0.474 e. The van der Waals surface area contributed by atoms with Crippen LogP contribution in [-0.4, -0.2) is 62.1 Å². The van der Waals surface area contributed by atoms with Crippen molar-refractivity contribution >= 4 is 22.5 Å². The molecule has 1 aliphatic rings. The van der Waals surface area contributed by atoms with E-state index < -0.39 is 11.9 Å². The zero-order valence-electron chi connectivity index (χ0n) is 24.4. The van der Waals surface area contributed by atoms with Gasteiger partial charge in [0.05, 0.1) is 18.6 Å². The van der Waals surface area contributed by atoms with E-state index in [0.29, 0.717) is 70.7 Å². The van der Waals surface area contributed by atoms with Crippen molar-refractivity contribution in [2.45, 2.75) is 32.5 Å². The Bertz CT molecular complexity index is 1830. The molecule has 4 aromatic heterocycles. The molecule has 0 spiro atoms. The van der Waals surface area contributed by atoms with E-state index in [-0.39, 0.29) is 24.6 Å². The molecule has 1 aromatic carbocycles. The van der Waals surface area contributed by atoms with E-state index in [2.05, 4.69) is 20.1 Å². The van der Waals surface area contributed by atoms with Crippen molar-refractivity contribution in [3.8, 4) is 17.0 Å². The number of alkyl halides is 3. The highest BCUT2D eigenvalue weighted by Gasteiger charge is 2.39. The van der Waals surface area contributed by atoms with E-state index in [9.17, 15) is 18.0 Å². The minimum absolute atomic E-state index is 0.0594. The highest BCUT2D eigenvalue weighted by atomic mass is 19.4. The van der Waals surface area contributed by atoms with E-state index in [4.69, 9.17) is 9.47 Å². The molecule has 5 aromatic rings. The number of nitrogens with zero attached hydrogens (tertiary/aromatic N) is 7. The summed E-state index contributed by atoms with van der Waals surface area (Å²) in [5.74, 6) is 0.0333. The molecule has 5 heterocycles. The van der Waals surface area contributed by atoms with E-state index in [0.717, 1.165) is 10.4 Å². The van der Waals surface area contributed by atoms with Crippen molar-refractivity contribution in [3.05, 3.63) is 83.5 Å². The number of ether oxygens (including phenoxy) is 2. The second-order valence-corrected chi connectivity index (χ2v) is 10.5. The lowest BCUT2D eigenvalue weighted by molar-refractivity contribution is -0.140. The molecule has 1 aliphatic heterocycles. The normalized spacial score (nSPS) is 13.5. The van der Waals surface area contributed by atoms with Gasteiger partial charge in [-0.1, -0.05) is 6.92 Å². The Morgan fingerprint density at radius 1 is 1.07 bits per heavy atom. The third kappa shape index (κ3) is 5.50. The molecule has 0 fully saturated rings. The number of methoxy groups -OCH3 is 1. The Labute approximate surface area is 251 Å². The van der Waals surface area contributed by atoms with Crippen LogP contribution in [0.1, 0.15) is 39.8 Å². The Kier molecular flexibility index (Phi) is 7.80. The first kappa shape index (κ1) is 29.3. The monoisotopic (exact) mass is 605 g/mol. The predicted molar refractivity (Wildman–Crippen MR) is 157 cm³/mol. The number of pyridine rings is 2. The van der Waals surface area contributed by atoms with Gasteiger partial charge in [0.15, 0.2) is 5.69 Å². The SMILES string of the molecule is CCc1cc2c(N3CCc4c(cc(Cn5ccnc5)cc4-c4cn(C)nc4C(F)(F)F)C3=O)ccnc2c(OCCOC)n1. The lowest BCUT2D eigenvalue weighted by Gasteiger charge is -2.31. The third-order valence-electron chi connectivity index (χ3n) is 7.59. The van der Waals surface area contributed by atoms with Crippen LogP contribution in [0.25, 0.3) is 22.0 Å². The van der Waals surface area contributed by atoms with Crippen LogP contribution in [0.15, 0.2) is 55.4 Å². The summed E-state index contributed by atoms with van der Waals surface area (Å²) in [6.45, 7) is 3.20. The van der Waals surface area contributed by atoms with Gasteiger partial charge in [-0.25, -0.2) is 9.97 Å². The van der Waals surface area contributed by atoms with Crippen molar-refractivity contribution in [1.29, 1.82) is 0 Å². The summed E-state index contributed by atoms with van der Waals surface area (Å²) >= 11 is 0. The number of carbonyl (C=O) groups excluding carboxylic acids is 1. The number of carbonyl (C=O) groups is 1. The molecule has 0 saturated heterocycles. The molecule has 0 aliphatic carbocycles. The standard InChI is InChI=1S/C31H30F3N7O3/c1-4-20-15-24-26(5-7-36-27(24)29(37-20)44-12-11-43-3)41-9-6-21-22(25-17-39(2)38-28(25)31(32,33)34)13-19(14-23(21)30(41)42)16-40-10-8-35-18-40/h5,7-8,10,13-15,17-18H,4,6,9,11-12,16H2,1-3H3. The summed E-state index contributed by atoms with van der Waals surface area (Å²) in [6.07, 6.45) is 4.26. The maximum Gasteiger partial charge on any atom is 0.435 e. The highest BCUT2D eigenvalue weighted by Crippen LogP contribution is 2.41. The molecule has 13 heteroatoms. The van der Waals surface area contributed by atoms with Crippen LogP contribution in [-0.2, 0) is 37.3 Å². The summed E-state index contributed by atoms with van der Waals surface area (Å²) in [7, 11) is 3.03. The first-order valence-electron chi connectivity index (χ1n) is 14.1. The van der Waals surface area contributed by atoms with Gasteiger partial charge in [0.2, 0.25) is 5.88 Å². The van der Waals surface area contributed by atoms with Gasteiger partial charge < -0.3 is 18.9 Å². The van der Waals surface area contributed by atoms with Crippen LogP contribution in [0, 0.1) is 0 Å². The Morgan fingerprint density at radius 2 is 1.89 bits per heavy atom. The summed E-state index contributed by atoms with van der Waals surface area (Å²) in [4.78, 5) is 29.2. The van der Waals surface area contributed by atoms with E-state index in [1.807, 2.05) is 13.0 Å². The molecule has 228 valence electrons. The van der Waals surface area contributed by atoms with Crippen LogP contribution in [0.2, 0.25) is 0 Å². The first-order valence-corrected chi connectivity index (χ1v) is 14.1. The summed E-state index contributed by atoms with van der Waals surface area (Å²) < 4.78 is 56.2. The molecule has 0 N–H and O–H groups in total. The Morgan fingerprint density at radius 3 is 2.61 bits per heavy atom. The average molecular weight is 606 g/mol. The minimum atomic E-state index is -4.67. The maximum atomic E-state index is 14.3. The maximum absolute atomic E-state index is 14.3. The fourth-order valence-corrected chi connectivity index (χ4v) is 5.61. The van der Waals surface area contributed by atoms with E-state index in [1.54, 1.807) is 59.7 Å². The van der Waals surface area contributed by atoms with Crippen LogP contribution in [0.5, 0.6) is 5.88 Å². The molecule has 0 radical (unpaired) electrons. The third-order valence-corrected chi connectivity index (χ3v) is 7.59. The van der Waals surface area contributed by atoms with Gasteiger partial charge in [-0.05, 0) is 53.8 Å². The number of hydrogen-bond acceptors (Lipinski definition) is 7. The largest absolute Gasteiger partial charge is 0.474 e. The predicted octanol–water partition coefficient (Wildman–Crippen LogP) is 5.08. The molecule has 44 heavy (non-hydrogen) atoms. The van der Waals surface area contributed by atoms with Gasteiger partial charge in [0, 0.05) is 74.2 Å². The number of fused-ring (bicyclic) bond motifs is 2. The molecular formula is C31H30F3N7O3. The number of halogens is 3. The second kappa shape index (κ2) is 11.7. The number of aromatic nitrogens is 6. The number of imidazole rings is 1. The van der Waals surface area contributed by atoms with Crippen LogP contribution < -0.4 is 9.64 Å². The van der Waals surface area contributed by atoms with Crippen molar-refractivity contribution in [2.24, 2.45) is 7.05 Å². The summed E-state index contributed by atoms with van der Waals surface area (Å²) in [5, 5.41) is 4.43. The van der Waals surface area contributed by atoms with Gasteiger partial charge in [0.1, 0.15) is 12.1 Å². The number of benzene rings is 1. The van der Waals surface area contributed by atoms with Crippen molar-refractivity contribution < 1.29 is 27.4 Å². The lowest BCUT2D eigenvalue weighted by Crippen LogP contribution is -2.38. The second-order valence-electron chi connectivity index (χ2n) is 10.5. The molecule has 6 rings (SSSR count).